The second-order valence-electron chi connectivity index (χ2n) is 5.38. The summed E-state index contributed by atoms with van der Waals surface area (Å²) in [5.74, 6) is 0.261. The van der Waals surface area contributed by atoms with Crippen LogP contribution in [0.25, 0.3) is 6.08 Å². The Kier molecular flexibility index (Phi) is 7.40. The van der Waals surface area contributed by atoms with Crippen molar-refractivity contribution in [2.45, 2.75) is 13.8 Å². The van der Waals surface area contributed by atoms with Crippen molar-refractivity contribution in [3.8, 4) is 5.75 Å². The number of carbonyl (C=O) groups excluding carboxylic acids is 1. The molecule has 130 valence electrons. The van der Waals surface area contributed by atoms with Crippen LogP contribution in [0.3, 0.4) is 0 Å². The molecule has 0 radical (unpaired) electrons. The minimum Gasteiger partial charge on any atom is -0.481 e. The summed E-state index contributed by atoms with van der Waals surface area (Å²) in [6.07, 6.45) is 3.77. The Morgan fingerprint density at radius 1 is 1.20 bits per heavy atom. The molecule has 0 aliphatic heterocycles. The SMILES string of the molecule is CC(/C=C/c1ccccc1)=N\NC(=O)COc1c(Br)cc(C)cc1Br. The summed E-state index contributed by atoms with van der Waals surface area (Å²) in [6, 6.07) is 13.7. The zero-order valence-electron chi connectivity index (χ0n) is 13.9. The summed E-state index contributed by atoms with van der Waals surface area (Å²) >= 11 is 6.86. The molecule has 0 saturated heterocycles. The summed E-state index contributed by atoms with van der Waals surface area (Å²) in [6.45, 7) is 3.67. The monoisotopic (exact) mass is 464 g/mol. The molecule has 0 aliphatic rings. The highest BCUT2D eigenvalue weighted by molar-refractivity contribution is 9.11. The third kappa shape index (κ3) is 6.48. The van der Waals surface area contributed by atoms with Crippen LogP contribution < -0.4 is 10.2 Å². The maximum atomic E-state index is 11.9. The molecule has 0 saturated carbocycles. The van der Waals surface area contributed by atoms with E-state index in [4.69, 9.17) is 4.74 Å². The Balaban J connectivity index is 1.87. The number of hydrogen-bond acceptors (Lipinski definition) is 3. The lowest BCUT2D eigenvalue weighted by molar-refractivity contribution is -0.123. The number of nitrogens with one attached hydrogen (secondary N) is 1. The molecule has 0 spiro atoms. The van der Waals surface area contributed by atoms with Gasteiger partial charge < -0.3 is 4.74 Å². The van der Waals surface area contributed by atoms with Crippen molar-refractivity contribution in [2.24, 2.45) is 5.10 Å². The lowest BCUT2D eigenvalue weighted by Crippen LogP contribution is -2.25. The van der Waals surface area contributed by atoms with Crippen LogP contribution >= 0.6 is 31.9 Å². The van der Waals surface area contributed by atoms with Crippen LogP contribution in [0.1, 0.15) is 18.1 Å². The number of rotatable bonds is 6. The number of allylic oxidation sites excluding steroid dienone is 1. The maximum Gasteiger partial charge on any atom is 0.277 e. The molecule has 4 nitrogen and oxygen atoms in total. The smallest absolute Gasteiger partial charge is 0.277 e. The molecule has 2 aromatic rings. The van der Waals surface area contributed by atoms with Gasteiger partial charge in [0.2, 0.25) is 0 Å². The van der Waals surface area contributed by atoms with Gasteiger partial charge in [0.25, 0.3) is 5.91 Å². The van der Waals surface area contributed by atoms with E-state index in [0.717, 1.165) is 20.1 Å². The molecule has 0 aliphatic carbocycles. The molecule has 2 rings (SSSR count). The van der Waals surface area contributed by atoms with E-state index in [1.807, 2.05) is 68.5 Å². The molecular weight excluding hydrogens is 448 g/mol. The number of hydrazone groups is 1. The van der Waals surface area contributed by atoms with E-state index in [1.54, 1.807) is 0 Å². The number of nitrogens with zero attached hydrogens (tertiary/aromatic N) is 1. The third-order valence-electron chi connectivity index (χ3n) is 3.16. The van der Waals surface area contributed by atoms with Crippen LogP contribution in [0, 0.1) is 6.92 Å². The van der Waals surface area contributed by atoms with Crippen LogP contribution in [-0.2, 0) is 4.79 Å². The first kappa shape index (κ1) is 19.4. The van der Waals surface area contributed by atoms with Crippen LogP contribution in [0.2, 0.25) is 0 Å². The van der Waals surface area contributed by atoms with E-state index in [1.165, 1.54) is 0 Å². The largest absolute Gasteiger partial charge is 0.481 e. The molecule has 25 heavy (non-hydrogen) atoms. The quantitative estimate of drug-likeness (QED) is 0.476. The van der Waals surface area contributed by atoms with Gasteiger partial charge in [-0.25, -0.2) is 5.43 Å². The Morgan fingerprint density at radius 2 is 1.84 bits per heavy atom. The highest BCUT2D eigenvalue weighted by Gasteiger charge is 2.10. The first-order chi connectivity index (χ1) is 12.0. The van der Waals surface area contributed by atoms with E-state index in [9.17, 15) is 4.79 Å². The minimum absolute atomic E-state index is 0.126. The number of ether oxygens (including phenoxy) is 1. The second kappa shape index (κ2) is 9.53. The van der Waals surface area contributed by atoms with Crippen molar-refractivity contribution in [2.75, 3.05) is 6.61 Å². The zero-order chi connectivity index (χ0) is 18.2. The number of halogens is 2. The van der Waals surface area contributed by atoms with Gasteiger partial charge >= 0.3 is 0 Å². The standard InChI is InChI=1S/C19H18Br2N2O2/c1-13-10-16(20)19(17(21)11-13)25-12-18(24)23-22-14(2)8-9-15-6-4-3-5-7-15/h3-11H,12H2,1-2H3,(H,23,24)/b9-8+,22-14+. The highest BCUT2D eigenvalue weighted by atomic mass is 79.9. The molecule has 0 unspecified atom stereocenters. The fourth-order valence-corrected chi connectivity index (χ4v) is 3.61. The molecule has 0 fully saturated rings. The van der Waals surface area contributed by atoms with Crippen molar-refractivity contribution in [3.05, 3.63) is 68.6 Å². The van der Waals surface area contributed by atoms with E-state index in [0.29, 0.717) is 11.5 Å². The molecule has 0 aromatic heterocycles. The van der Waals surface area contributed by atoms with E-state index < -0.39 is 0 Å². The van der Waals surface area contributed by atoms with Gasteiger partial charge in [-0.15, -0.1) is 0 Å². The average molecular weight is 466 g/mol. The molecular formula is C19H18Br2N2O2. The lowest BCUT2D eigenvalue weighted by Gasteiger charge is -2.10. The van der Waals surface area contributed by atoms with E-state index >= 15 is 0 Å². The van der Waals surface area contributed by atoms with Gasteiger partial charge in [-0.2, -0.15) is 5.10 Å². The van der Waals surface area contributed by atoms with Gasteiger partial charge in [-0.3, -0.25) is 4.79 Å². The summed E-state index contributed by atoms with van der Waals surface area (Å²) < 4.78 is 7.13. The Hall–Kier alpha value is -1.92. The predicted octanol–water partition coefficient (Wildman–Crippen LogP) is 5.10. The van der Waals surface area contributed by atoms with Gasteiger partial charge in [0.05, 0.1) is 14.7 Å². The van der Waals surface area contributed by atoms with Crippen molar-refractivity contribution in [1.82, 2.24) is 5.43 Å². The molecule has 6 heteroatoms. The molecule has 2 aromatic carbocycles. The molecule has 0 bridgehead atoms. The number of hydrogen-bond donors (Lipinski definition) is 1. The van der Waals surface area contributed by atoms with Crippen LogP contribution in [-0.4, -0.2) is 18.2 Å². The Morgan fingerprint density at radius 3 is 2.48 bits per heavy atom. The lowest BCUT2D eigenvalue weighted by atomic mass is 10.2. The second-order valence-corrected chi connectivity index (χ2v) is 7.09. The van der Waals surface area contributed by atoms with E-state index in [2.05, 4.69) is 42.4 Å². The minimum atomic E-state index is -0.327. The number of aryl methyl sites for hydroxylation is 1. The van der Waals surface area contributed by atoms with E-state index in [-0.39, 0.29) is 12.5 Å². The van der Waals surface area contributed by atoms with Gasteiger partial charge in [0, 0.05) is 0 Å². The fraction of sp³-hybridized carbons (Fsp3) is 0.158. The highest BCUT2D eigenvalue weighted by Crippen LogP contribution is 2.34. The summed E-state index contributed by atoms with van der Waals surface area (Å²) in [7, 11) is 0. The Bertz CT molecular complexity index is 779. The van der Waals surface area contributed by atoms with Crippen LogP contribution in [0.4, 0.5) is 0 Å². The zero-order valence-corrected chi connectivity index (χ0v) is 17.1. The summed E-state index contributed by atoms with van der Waals surface area (Å²) in [5, 5.41) is 4.04. The van der Waals surface area contributed by atoms with Gasteiger partial charge in [0.15, 0.2) is 6.61 Å². The van der Waals surface area contributed by atoms with Crippen molar-refractivity contribution in [1.29, 1.82) is 0 Å². The first-order valence-electron chi connectivity index (χ1n) is 7.60. The number of carbonyl (C=O) groups is 1. The topological polar surface area (TPSA) is 50.7 Å². The summed E-state index contributed by atoms with van der Waals surface area (Å²) in [5.41, 5.74) is 5.33. The number of benzene rings is 2. The molecule has 1 amide bonds. The van der Waals surface area contributed by atoms with Crippen molar-refractivity contribution < 1.29 is 9.53 Å². The molecule has 0 atom stereocenters. The first-order valence-corrected chi connectivity index (χ1v) is 9.19. The van der Waals surface area contributed by atoms with Crippen molar-refractivity contribution >= 4 is 49.6 Å². The van der Waals surface area contributed by atoms with Gasteiger partial charge in [-0.1, -0.05) is 36.4 Å². The third-order valence-corrected chi connectivity index (χ3v) is 4.34. The van der Waals surface area contributed by atoms with Gasteiger partial charge in [-0.05, 0) is 75.0 Å². The van der Waals surface area contributed by atoms with Crippen LogP contribution in [0.5, 0.6) is 5.75 Å². The number of amides is 1. The normalized spacial score (nSPS) is 11.6. The van der Waals surface area contributed by atoms with Crippen LogP contribution in [0.15, 0.2) is 62.6 Å². The van der Waals surface area contributed by atoms with Crippen molar-refractivity contribution in [3.63, 3.8) is 0 Å². The summed E-state index contributed by atoms with van der Waals surface area (Å²) in [4.78, 5) is 11.9. The average Bonchev–Trinajstić information content (AvgIpc) is 2.58. The predicted molar refractivity (Wildman–Crippen MR) is 109 cm³/mol. The molecule has 1 N–H and O–H groups in total. The van der Waals surface area contributed by atoms with Gasteiger partial charge in [0.1, 0.15) is 5.75 Å². The fourth-order valence-electron chi connectivity index (χ4n) is 1.96. The maximum absolute atomic E-state index is 11.9. The Labute approximate surface area is 164 Å². The molecule has 0 heterocycles.